The monoisotopic (exact) mass is 441 g/mol. The first kappa shape index (κ1) is 18.8. The lowest BCUT2D eigenvalue weighted by Crippen LogP contribution is -2.40. The zero-order valence-electron chi connectivity index (χ0n) is 14.1. The lowest BCUT2D eigenvalue weighted by molar-refractivity contribution is 0.336. The molecule has 0 amide bonds. The number of rotatable bonds is 5. The molecule has 4 rings (SSSR count). The predicted octanol–water partition coefficient (Wildman–Crippen LogP) is 3.54. The number of thiophene rings is 2. The van der Waals surface area contributed by atoms with E-state index >= 15 is 0 Å². The van der Waals surface area contributed by atoms with Gasteiger partial charge in [-0.2, -0.15) is 9.40 Å². The highest BCUT2D eigenvalue weighted by molar-refractivity contribution is 7.91. The topological polar surface area (TPSA) is 72.3 Å². The fraction of sp³-hybridized carbons (Fsp3) is 0.294. The molecule has 1 saturated heterocycles. The molecule has 10 heteroatoms. The summed E-state index contributed by atoms with van der Waals surface area (Å²) in [6.45, 7) is 0.665. The maximum atomic E-state index is 13.0. The van der Waals surface area contributed by atoms with Crippen molar-refractivity contribution in [3.63, 3.8) is 0 Å². The zero-order chi connectivity index (χ0) is 19.0. The molecule has 0 bridgehead atoms. The van der Waals surface area contributed by atoms with Gasteiger partial charge < -0.3 is 0 Å². The van der Waals surface area contributed by atoms with Crippen LogP contribution in [0.1, 0.15) is 12.8 Å². The van der Waals surface area contributed by atoms with Crippen LogP contribution in [-0.4, -0.2) is 35.1 Å². The van der Waals surface area contributed by atoms with Gasteiger partial charge in [-0.15, -0.1) is 22.7 Å². The number of hydrogen-bond acceptors (Lipinski definition) is 6. The highest BCUT2D eigenvalue weighted by Crippen LogP contribution is 2.32. The van der Waals surface area contributed by atoms with Crippen LogP contribution in [0.15, 0.2) is 50.8 Å². The standard InChI is InChI=1S/C17H16ClN3O3S3/c18-15-6-8-17(26-15)27(23,24)21-9-1-3-12(21)11-20-16(22)7-5-13(19-20)14-4-2-10-25-14/h2,4-8,10,12H,1,3,9,11H2/t12-/m1/s1. The van der Waals surface area contributed by atoms with Crippen LogP contribution in [0.2, 0.25) is 4.34 Å². The molecular formula is C17H16ClN3O3S3. The third kappa shape index (κ3) is 3.74. The maximum Gasteiger partial charge on any atom is 0.266 e. The summed E-state index contributed by atoms with van der Waals surface area (Å²) < 4.78 is 29.4. The molecule has 0 radical (unpaired) electrons. The Balaban J connectivity index is 1.62. The summed E-state index contributed by atoms with van der Waals surface area (Å²) in [5, 5.41) is 6.39. The summed E-state index contributed by atoms with van der Waals surface area (Å²) in [6, 6.07) is 9.85. The van der Waals surface area contributed by atoms with Crippen LogP contribution in [0.25, 0.3) is 10.6 Å². The average molecular weight is 442 g/mol. The van der Waals surface area contributed by atoms with E-state index in [1.165, 1.54) is 21.1 Å². The molecule has 0 N–H and O–H groups in total. The first-order chi connectivity index (χ1) is 12.9. The second-order valence-corrected chi connectivity index (χ2v) is 11.0. The van der Waals surface area contributed by atoms with E-state index in [2.05, 4.69) is 5.10 Å². The van der Waals surface area contributed by atoms with Gasteiger partial charge in [0, 0.05) is 18.7 Å². The Morgan fingerprint density at radius 1 is 1.22 bits per heavy atom. The van der Waals surface area contributed by atoms with Gasteiger partial charge in [0.1, 0.15) is 9.90 Å². The van der Waals surface area contributed by atoms with Crippen LogP contribution in [0.4, 0.5) is 0 Å². The lowest BCUT2D eigenvalue weighted by Gasteiger charge is -2.23. The van der Waals surface area contributed by atoms with Crippen LogP contribution >= 0.6 is 34.3 Å². The first-order valence-electron chi connectivity index (χ1n) is 8.34. The van der Waals surface area contributed by atoms with Crippen molar-refractivity contribution in [1.82, 2.24) is 14.1 Å². The minimum absolute atomic E-state index is 0.229. The van der Waals surface area contributed by atoms with E-state index in [0.717, 1.165) is 22.6 Å². The summed E-state index contributed by atoms with van der Waals surface area (Å²) in [4.78, 5) is 13.2. The molecule has 1 fully saturated rings. The van der Waals surface area contributed by atoms with E-state index in [9.17, 15) is 13.2 Å². The van der Waals surface area contributed by atoms with Gasteiger partial charge in [0.25, 0.3) is 15.6 Å². The minimum atomic E-state index is -3.63. The molecule has 0 saturated carbocycles. The highest BCUT2D eigenvalue weighted by atomic mass is 35.5. The fourth-order valence-corrected chi connectivity index (χ4v) is 7.18. The van der Waals surface area contributed by atoms with E-state index in [-0.39, 0.29) is 22.4 Å². The molecule has 1 atom stereocenters. The third-order valence-corrected chi connectivity index (χ3v) is 9.00. The van der Waals surface area contributed by atoms with Crippen molar-refractivity contribution in [2.24, 2.45) is 0 Å². The van der Waals surface area contributed by atoms with Crippen molar-refractivity contribution in [3.05, 3.63) is 56.5 Å². The molecule has 3 aromatic heterocycles. The molecule has 1 aliphatic rings. The summed E-state index contributed by atoms with van der Waals surface area (Å²) >= 11 is 8.50. The normalized spacial score (nSPS) is 18.2. The number of nitrogens with zero attached hydrogens (tertiary/aromatic N) is 3. The Kier molecular flexibility index (Phi) is 5.21. The molecule has 0 spiro atoms. The quantitative estimate of drug-likeness (QED) is 0.607. The molecule has 3 aromatic rings. The molecule has 1 aliphatic heterocycles. The predicted molar refractivity (Wildman–Crippen MR) is 108 cm³/mol. The summed E-state index contributed by atoms with van der Waals surface area (Å²) in [5.74, 6) is 0. The molecule has 6 nitrogen and oxygen atoms in total. The second kappa shape index (κ2) is 7.48. The average Bonchev–Trinajstić information content (AvgIpc) is 3.38. The molecule has 0 aromatic carbocycles. The van der Waals surface area contributed by atoms with E-state index in [0.29, 0.717) is 23.0 Å². The van der Waals surface area contributed by atoms with Gasteiger partial charge in [-0.3, -0.25) is 4.79 Å². The molecule has 4 heterocycles. The number of hydrogen-bond donors (Lipinski definition) is 0. The summed E-state index contributed by atoms with van der Waals surface area (Å²) in [6.07, 6.45) is 1.44. The third-order valence-electron chi connectivity index (χ3n) is 4.46. The number of aromatic nitrogens is 2. The van der Waals surface area contributed by atoms with Crippen LogP contribution in [0, 0.1) is 0 Å². The van der Waals surface area contributed by atoms with Gasteiger partial charge in [0.2, 0.25) is 0 Å². The number of halogens is 1. The molecule has 0 aliphatic carbocycles. The summed E-state index contributed by atoms with van der Waals surface area (Å²) in [7, 11) is -3.63. The number of sulfonamides is 1. The lowest BCUT2D eigenvalue weighted by atomic mass is 10.2. The van der Waals surface area contributed by atoms with E-state index in [4.69, 9.17) is 11.6 Å². The smallest absolute Gasteiger partial charge is 0.266 e. The van der Waals surface area contributed by atoms with Crippen molar-refractivity contribution < 1.29 is 8.42 Å². The van der Waals surface area contributed by atoms with Crippen LogP contribution in [0.3, 0.4) is 0 Å². The van der Waals surface area contributed by atoms with Crippen LogP contribution < -0.4 is 5.56 Å². The fourth-order valence-electron chi connectivity index (χ4n) is 3.20. The van der Waals surface area contributed by atoms with Crippen molar-refractivity contribution in [3.8, 4) is 10.6 Å². The molecular weight excluding hydrogens is 426 g/mol. The van der Waals surface area contributed by atoms with E-state index in [1.54, 1.807) is 23.5 Å². The Morgan fingerprint density at radius 2 is 2.07 bits per heavy atom. The van der Waals surface area contributed by atoms with Gasteiger partial charge in [0.15, 0.2) is 0 Å². The second-order valence-electron chi connectivity index (χ2n) is 6.19. The minimum Gasteiger partial charge on any atom is -0.268 e. The highest BCUT2D eigenvalue weighted by Gasteiger charge is 2.36. The largest absolute Gasteiger partial charge is 0.268 e. The van der Waals surface area contributed by atoms with Gasteiger partial charge in [0.05, 0.1) is 15.8 Å². The Bertz CT molecular complexity index is 1110. The molecule has 0 unspecified atom stereocenters. The first-order valence-corrected chi connectivity index (χ1v) is 11.9. The molecule has 27 heavy (non-hydrogen) atoms. The van der Waals surface area contributed by atoms with Crippen molar-refractivity contribution in [1.29, 1.82) is 0 Å². The van der Waals surface area contributed by atoms with Crippen molar-refractivity contribution in [2.45, 2.75) is 29.6 Å². The Hall–Kier alpha value is -1.52. The Labute approximate surface area is 169 Å². The Morgan fingerprint density at radius 3 is 2.78 bits per heavy atom. The van der Waals surface area contributed by atoms with Crippen molar-refractivity contribution in [2.75, 3.05) is 6.54 Å². The van der Waals surface area contributed by atoms with Gasteiger partial charge in [-0.25, -0.2) is 13.1 Å². The van der Waals surface area contributed by atoms with E-state index < -0.39 is 10.0 Å². The molecule has 142 valence electrons. The maximum absolute atomic E-state index is 13.0. The van der Waals surface area contributed by atoms with Crippen LogP contribution in [-0.2, 0) is 16.6 Å². The van der Waals surface area contributed by atoms with Gasteiger partial charge >= 0.3 is 0 Å². The van der Waals surface area contributed by atoms with Gasteiger partial charge in [-0.1, -0.05) is 17.7 Å². The summed E-state index contributed by atoms with van der Waals surface area (Å²) in [5.41, 5.74) is 0.473. The zero-order valence-corrected chi connectivity index (χ0v) is 17.3. The van der Waals surface area contributed by atoms with Crippen LogP contribution in [0.5, 0.6) is 0 Å². The SMILES string of the molecule is O=c1ccc(-c2cccs2)nn1C[C@H]1CCCN1S(=O)(=O)c1ccc(Cl)s1. The van der Waals surface area contributed by atoms with E-state index in [1.807, 2.05) is 17.5 Å². The van der Waals surface area contributed by atoms with Gasteiger partial charge in [-0.05, 0) is 42.5 Å². The van der Waals surface area contributed by atoms with Crippen molar-refractivity contribution >= 4 is 44.3 Å².